The van der Waals surface area contributed by atoms with Gasteiger partial charge in [-0.05, 0) is 42.7 Å². The maximum atomic E-state index is 13.5. The monoisotopic (exact) mass is 432 g/mol. The molecule has 0 aromatic heterocycles. The molecular weight excluding hydrogens is 408 g/mol. The largest absolute Gasteiger partial charge is 0.360 e. The molecule has 0 bridgehead atoms. The summed E-state index contributed by atoms with van der Waals surface area (Å²) in [5.41, 5.74) is 4.55. The molecule has 1 aliphatic heterocycles. The molecule has 0 fully saturated rings. The molecule has 5 nitrogen and oxygen atoms in total. The number of nitrogens with one attached hydrogen (secondary N) is 1. The zero-order valence-corrected chi connectivity index (χ0v) is 18.3. The molecule has 31 heavy (non-hydrogen) atoms. The predicted octanol–water partition coefficient (Wildman–Crippen LogP) is 5.04. The van der Waals surface area contributed by atoms with Crippen LogP contribution in [0.25, 0.3) is 0 Å². The molecule has 1 heterocycles. The fraction of sp³-hybridized carbons (Fsp3) is 0.160. The van der Waals surface area contributed by atoms with Crippen molar-refractivity contribution >= 4 is 27.2 Å². The summed E-state index contributed by atoms with van der Waals surface area (Å²) in [7, 11) is -4.04. The van der Waals surface area contributed by atoms with Crippen molar-refractivity contribution in [3.8, 4) is 0 Å². The van der Waals surface area contributed by atoms with Crippen LogP contribution in [-0.2, 0) is 23.0 Å². The van der Waals surface area contributed by atoms with Gasteiger partial charge in [-0.15, -0.1) is 0 Å². The number of sulfonamides is 1. The second-order valence-electron chi connectivity index (χ2n) is 7.51. The van der Waals surface area contributed by atoms with Crippen LogP contribution in [0.4, 0.5) is 11.4 Å². The lowest BCUT2D eigenvalue weighted by Gasteiger charge is -2.31. The molecule has 0 unspecified atom stereocenters. The number of hydrogen-bond acceptors (Lipinski definition) is 4. The zero-order chi connectivity index (χ0) is 22.0. The first-order chi connectivity index (χ1) is 14.9. The van der Waals surface area contributed by atoms with E-state index < -0.39 is 15.8 Å². The fourth-order valence-corrected chi connectivity index (χ4v) is 5.19. The highest BCUT2D eigenvalue weighted by molar-refractivity contribution is 7.97. The van der Waals surface area contributed by atoms with Crippen LogP contribution in [0, 0.1) is 6.92 Å². The Balaban J connectivity index is 1.78. The summed E-state index contributed by atoms with van der Waals surface area (Å²) in [5, 5.41) is 3.05. The maximum absolute atomic E-state index is 13.5. The van der Waals surface area contributed by atoms with Gasteiger partial charge in [-0.3, -0.25) is 9.10 Å². The number of benzene rings is 3. The fourth-order valence-electron chi connectivity index (χ4n) is 3.66. The Morgan fingerprint density at radius 3 is 2.35 bits per heavy atom. The van der Waals surface area contributed by atoms with E-state index in [0.29, 0.717) is 11.3 Å². The summed E-state index contributed by atoms with van der Waals surface area (Å²) in [6, 6.07) is 22.2. The van der Waals surface area contributed by atoms with E-state index in [0.717, 1.165) is 28.8 Å². The van der Waals surface area contributed by atoms with Crippen LogP contribution < -0.4 is 9.62 Å². The van der Waals surface area contributed by atoms with Crippen molar-refractivity contribution in [2.24, 2.45) is 0 Å². The lowest BCUT2D eigenvalue weighted by molar-refractivity contribution is 0.104. The van der Waals surface area contributed by atoms with Crippen molar-refractivity contribution in [2.75, 3.05) is 9.62 Å². The Labute approximate surface area is 183 Å². The molecule has 3 aromatic rings. The molecule has 0 amide bonds. The molecule has 0 aliphatic carbocycles. The van der Waals surface area contributed by atoms with Gasteiger partial charge >= 0.3 is 0 Å². The number of nitrogens with zero attached hydrogens (tertiary/aromatic N) is 1. The highest BCUT2D eigenvalue weighted by atomic mass is 32.2. The van der Waals surface area contributed by atoms with E-state index in [2.05, 4.69) is 5.32 Å². The standard InChI is InChI=1S/C25H24N2O3S/c1-3-20-8-4-6-10-22(20)26-16-24-25(28)21-9-5-7-11-23(21)27(31(24,29)30)17-19-14-12-18(2)13-15-19/h4-16,26H,3,17H2,1-2H3/b24-16+. The van der Waals surface area contributed by atoms with Gasteiger partial charge in [0.1, 0.15) is 0 Å². The molecule has 0 saturated carbocycles. The highest BCUT2D eigenvalue weighted by Gasteiger charge is 2.40. The minimum absolute atomic E-state index is 0.149. The number of rotatable bonds is 5. The predicted molar refractivity (Wildman–Crippen MR) is 125 cm³/mol. The highest BCUT2D eigenvalue weighted by Crippen LogP contribution is 2.36. The van der Waals surface area contributed by atoms with Gasteiger partial charge in [0.15, 0.2) is 4.91 Å². The molecular formula is C25H24N2O3S. The van der Waals surface area contributed by atoms with Crippen LogP contribution in [-0.4, -0.2) is 14.2 Å². The molecule has 0 atom stereocenters. The molecule has 3 aromatic carbocycles. The van der Waals surface area contributed by atoms with Crippen molar-refractivity contribution in [3.05, 3.63) is 106 Å². The molecule has 1 aliphatic rings. The number of allylic oxidation sites excluding steroid dienone is 1. The van der Waals surface area contributed by atoms with Gasteiger partial charge in [-0.25, -0.2) is 8.42 Å². The third-order valence-corrected chi connectivity index (χ3v) is 7.18. The van der Waals surface area contributed by atoms with Gasteiger partial charge in [0.2, 0.25) is 5.78 Å². The minimum Gasteiger partial charge on any atom is -0.360 e. The number of para-hydroxylation sites is 2. The third-order valence-electron chi connectivity index (χ3n) is 5.41. The average molecular weight is 433 g/mol. The number of ketones is 1. The molecule has 158 valence electrons. The summed E-state index contributed by atoms with van der Waals surface area (Å²) in [5.74, 6) is -0.503. The first-order valence-electron chi connectivity index (χ1n) is 10.2. The van der Waals surface area contributed by atoms with Crippen molar-refractivity contribution in [2.45, 2.75) is 26.8 Å². The Morgan fingerprint density at radius 1 is 0.935 bits per heavy atom. The Kier molecular flexibility index (Phi) is 5.65. The number of anilines is 2. The van der Waals surface area contributed by atoms with Gasteiger partial charge in [0.05, 0.1) is 12.2 Å². The van der Waals surface area contributed by atoms with Gasteiger partial charge in [-0.2, -0.15) is 0 Å². The number of Topliss-reactive ketones (excluding diaryl/α,β-unsaturated/α-hetero) is 1. The molecule has 6 heteroatoms. The molecule has 0 radical (unpaired) electrons. The lowest BCUT2D eigenvalue weighted by atomic mass is 10.1. The topological polar surface area (TPSA) is 66.5 Å². The first kappa shape index (κ1) is 20.9. The quantitative estimate of drug-likeness (QED) is 0.574. The van der Waals surface area contributed by atoms with E-state index >= 15 is 0 Å². The summed E-state index contributed by atoms with van der Waals surface area (Å²) in [6.45, 7) is 4.15. The van der Waals surface area contributed by atoms with Gasteiger partial charge < -0.3 is 5.32 Å². The second kappa shape index (κ2) is 8.40. The lowest BCUT2D eigenvalue weighted by Crippen LogP contribution is -2.39. The average Bonchev–Trinajstić information content (AvgIpc) is 2.78. The normalized spacial score (nSPS) is 16.3. The first-order valence-corrected chi connectivity index (χ1v) is 11.6. The number of carbonyl (C=O) groups is 1. The van der Waals surface area contributed by atoms with E-state index in [9.17, 15) is 13.2 Å². The summed E-state index contributed by atoms with van der Waals surface area (Å²) >= 11 is 0. The molecule has 1 N–H and O–H groups in total. The van der Waals surface area contributed by atoms with Crippen molar-refractivity contribution in [1.82, 2.24) is 0 Å². The van der Waals surface area contributed by atoms with Gasteiger partial charge in [0, 0.05) is 17.5 Å². The number of fused-ring (bicyclic) bond motifs is 1. The summed E-state index contributed by atoms with van der Waals surface area (Å²) in [4.78, 5) is 12.9. The molecule has 0 saturated heterocycles. The minimum atomic E-state index is -4.04. The van der Waals surface area contributed by atoms with Gasteiger partial charge in [-0.1, -0.05) is 67.1 Å². The van der Waals surface area contributed by atoms with Crippen LogP contribution in [0.15, 0.2) is 83.9 Å². The zero-order valence-electron chi connectivity index (χ0n) is 17.5. The maximum Gasteiger partial charge on any atom is 0.270 e. The second-order valence-corrected chi connectivity index (χ2v) is 9.34. The SMILES string of the molecule is CCc1ccccc1N/C=C1\C(=O)c2ccccc2N(Cc2ccc(C)cc2)S1(=O)=O. The molecule has 0 spiro atoms. The molecule has 4 rings (SSSR count). The number of hydrogen-bond donors (Lipinski definition) is 1. The van der Waals surface area contributed by atoms with Gasteiger partial charge in [0.25, 0.3) is 10.0 Å². The van der Waals surface area contributed by atoms with Crippen molar-refractivity contribution in [3.63, 3.8) is 0 Å². The Morgan fingerprint density at radius 2 is 1.61 bits per heavy atom. The summed E-state index contributed by atoms with van der Waals surface area (Å²) in [6.07, 6.45) is 2.11. The van der Waals surface area contributed by atoms with E-state index in [1.54, 1.807) is 24.3 Å². The van der Waals surface area contributed by atoms with Crippen LogP contribution in [0.2, 0.25) is 0 Å². The van der Waals surface area contributed by atoms with E-state index in [1.807, 2.05) is 62.4 Å². The Hall–Kier alpha value is -3.38. The van der Waals surface area contributed by atoms with E-state index in [4.69, 9.17) is 0 Å². The van der Waals surface area contributed by atoms with Crippen LogP contribution in [0.5, 0.6) is 0 Å². The smallest absolute Gasteiger partial charge is 0.270 e. The number of aryl methyl sites for hydroxylation is 2. The van der Waals surface area contributed by atoms with Crippen LogP contribution in [0.1, 0.15) is 34.0 Å². The summed E-state index contributed by atoms with van der Waals surface area (Å²) < 4.78 is 28.4. The van der Waals surface area contributed by atoms with Crippen LogP contribution >= 0.6 is 0 Å². The Bertz CT molecular complexity index is 1260. The van der Waals surface area contributed by atoms with Crippen molar-refractivity contribution < 1.29 is 13.2 Å². The number of carbonyl (C=O) groups excluding carboxylic acids is 1. The van der Waals surface area contributed by atoms with Crippen molar-refractivity contribution in [1.29, 1.82) is 0 Å². The third kappa shape index (κ3) is 3.99. The van der Waals surface area contributed by atoms with Crippen LogP contribution in [0.3, 0.4) is 0 Å². The van der Waals surface area contributed by atoms with E-state index in [1.165, 1.54) is 10.5 Å². The van der Waals surface area contributed by atoms with E-state index in [-0.39, 0.29) is 11.4 Å².